The molecule has 50 heavy (non-hydrogen) atoms. The van der Waals surface area contributed by atoms with Crippen LogP contribution in [0, 0.1) is 5.41 Å². The molecule has 18 nitrogen and oxygen atoms in total. The lowest BCUT2D eigenvalue weighted by molar-refractivity contribution is -0.218. The number of oxime groups is 1. The van der Waals surface area contributed by atoms with E-state index in [9.17, 15) is 27.9 Å². The number of carbonyl (C=O) groups excluding carboxylic acids is 2. The van der Waals surface area contributed by atoms with Gasteiger partial charge in [0.15, 0.2) is 16.9 Å². The first-order chi connectivity index (χ1) is 23.4. The third kappa shape index (κ3) is 7.83. The summed E-state index contributed by atoms with van der Waals surface area (Å²) in [4.78, 5) is 48.4. The molecule has 2 fully saturated rings. The lowest BCUT2D eigenvalue weighted by atomic mass is 9.84. The number of nitrogens with zero attached hydrogens (tertiary/aromatic N) is 3. The number of benzene rings is 1. The molecule has 0 bridgehead atoms. The Bertz CT molecular complexity index is 1820. The summed E-state index contributed by atoms with van der Waals surface area (Å²) < 4.78 is 41.8. The standard InChI is InChI=1S/C30H40N8O10S2/c1-29(2)23(26(40)38(29)48-50(43,44)45)36-25(39)22(19-14-49-28(33)35-19)37-47-30(3,27(41)42)21-12-8-15-13-16(7-11-20(15)46-21)24(32)34-18-6-4-5-17(31)9-10-18/h7,11,13-14,17-18,21,23H,4-6,8-10,12,31H2,1-3H3,(H2,32,34)(H2,33,35)(H,36,39)(H,41,42)(H,43,44,45)/b37-22-/t17-,18+,21+,23+,30?/m0/s1. The zero-order valence-corrected chi connectivity index (χ0v) is 29.2. The molecule has 0 radical (unpaired) electrons. The van der Waals surface area contributed by atoms with Crippen molar-refractivity contribution in [2.45, 2.75) is 101 Å². The minimum Gasteiger partial charge on any atom is -0.485 e. The molecule has 2 aromatic rings. The lowest BCUT2D eigenvalue weighted by Gasteiger charge is -2.50. The molecule has 272 valence electrons. The molecule has 5 rings (SSSR count). The third-order valence-corrected chi connectivity index (χ3v) is 10.1. The van der Waals surface area contributed by atoms with E-state index in [2.05, 4.69) is 25.1 Å². The molecular formula is C30H40N8O10S2. The Balaban J connectivity index is 1.32. The number of amidine groups is 1. The van der Waals surface area contributed by atoms with Crippen LogP contribution in [0.3, 0.4) is 0 Å². The van der Waals surface area contributed by atoms with Crippen LogP contribution >= 0.6 is 11.3 Å². The summed E-state index contributed by atoms with van der Waals surface area (Å²) >= 11 is 0.964. The number of aromatic nitrogens is 1. The molecule has 2 aliphatic heterocycles. The van der Waals surface area contributed by atoms with E-state index in [1.54, 1.807) is 12.1 Å². The van der Waals surface area contributed by atoms with Crippen molar-refractivity contribution in [1.29, 1.82) is 5.41 Å². The molecule has 1 aliphatic carbocycles. The predicted octanol–water partition coefficient (Wildman–Crippen LogP) is 1.10. The number of thiazole rings is 1. The fraction of sp³-hybridized carbons (Fsp3) is 0.533. The number of amides is 2. The van der Waals surface area contributed by atoms with E-state index in [1.165, 1.54) is 26.2 Å². The number of β-lactam (4-membered cyclic amide) rings is 1. The summed E-state index contributed by atoms with van der Waals surface area (Å²) in [6.07, 6.45) is 4.20. The highest BCUT2D eigenvalue weighted by atomic mass is 32.3. The van der Waals surface area contributed by atoms with Gasteiger partial charge in [-0.25, -0.2) is 9.78 Å². The molecule has 1 saturated heterocycles. The normalized spacial score (nSPS) is 24.8. The number of nitrogen functional groups attached to an aromatic ring is 1. The number of ether oxygens (including phenoxy) is 1. The van der Waals surface area contributed by atoms with Crippen LogP contribution in [0.5, 0.6) is 5.75 Å². The number of aliphatic carboxylic acids is 1. The number of carboxylic acids is 1. The van der Waals surface area contributed by atoms with Gasteiger partial charge < -0.3 is 36.8 Å². The SMILES string of the molecule is CC(O/N=C(\C(=O)N[C@@H]1C(=O)N(OS(=O)(=O)O)C1(C)C)c1csc(N)n1)(C(=O)O)[C@H]1CCc2cc(C(=N)N[C@@H]3CCC[C@H](N)CC3)ccc2O1. The van der Waals surface area contributed by atoms with E-state index in [1.807, 2.05) is 6.07 Å². The van der Waals surface area contributed by atoms with Crippen LogP contribution in [-0.4, -0.2) is 92.8 Å². The number of anilines is 1. The van der Waals surface area contributed by atoms with Gasteiger partial charge in [-0.05, 0) is 89.5 Å². The van der Waals surface area contributed by atoms with Crippen LogP contribution in [0.4, 0.5) is 5.13 Å². The molecule has 1 aromatic heterocycles. The van der Waals surface area contributed by atoms with Gasteiger partial charge in [0.25, 0.3) is 17.4 Å². The van der Waals surface area contributed by atoms with Gasteiger partial charge in [0.05, 0.1) is 5.54 Å². The van der Waals surface area contributed by atoms with Crippen molar-refractivity contribution in [3.63, 3.8) is 0 Å². The molecule has 1 unspecified atom stereocenters. The fourth-order valence-electron chi connectivity index (χ4n) is 6.09. The number of aryl methyl sites for hydroxylation is 1. The van der Waals surface area contributed by atoms with Gasteiger partial charge in [0.2, 0.25) is 0 Å². The van der Waals surface area contributed by atoms with Crippen molar-refractivity contribution < 1.29 is 46.3 Å². The Labute approximate surface area is 291 Å². The number of hydroxylamine groups is 2. The summed E-state index contributed by atoms with van der Waals surface area (Å²) in [6.45, 7) is 3.99. The minimum absolute atomic E-state index is 0.0579. The second kappa shape index (κ2) is 14.1. The Hall–Kier alpha value is -4.37. The maximum Gasteiger partial charge on any atom is 0.418 e. The second-order valence-corrected chi connectivity index (χ2v) is 15.1. The van der Waals surface area contributed by atoms with Crippen molar-refractivity contribution in [3.8, 4) is 5.75 Å². The van der Waals surface area contributed by atoms with Crippen molar-refractivity contribution in [1.82, 2.24) is 20.7 Å². The van der Waals surface area contributed by atoms with Crippen molar-refractivity contribution in [2.24, 2.45) is 10.9 Å². The molecule has 1 aromatic carbocycles. The first-order valence-corrected chi connectivity index (χ1v) is 18.1. The Morgan fingerprint density at radius 2 is 1.96 bits per heavy atom. The smallest absolute Gasteiger partial charge is 0.418 e. The van der Waals surface area contributed by atoms with Crippen LogP contribution in [0.25, 0.3) is 0 Å². The molecular weight excluding hydrogens is 697 g/mol. The lowest BCUT2D eigenvalue weighted by Crippen LogP contribution is -2.76. The monoisotopic (exact) mass is 736 g/mol. The van der Waals surface area contributed by atoms with E-state index in [-0.39, 0.29) is 35.2 Å². The topological polar surface area (TPSA) is 282 Å². The average Bonchev–Trinajstić information content (AvgIpc) is 3.38. The van der Waals surface area contributed by atoms with Crippen LogP contribution in [-0.2, 0) is 40.3 Å². The van der Waals surface area contributed by atoms with E-state index < -0.39 is 57.2 Å². The first kappa shape index (κ1) is 36.9. The number of carboxylic acid groups (broad SMARTS) is 1. The Morgan fingerprint density at radius 1 is 1.22 bits per heavy atom. The molecule has 1 saturated carbocycles. The van der Waals surface area contributed by atoms with Crippen LogP contribution < -0.4 is 26.8 Å². The molecule has 2 amide bonds. The highest BCUT2D eigenvalue weighted by Gasteiger charge is 2.58. The predicted molar refractivity (Wildman–Crippen MR) is 180 cm³/mol. The summed E-state index contributed by atoms with van der Waals surface area (Å²) in [7, 11) is -5.03. The van der Waals surface area contributed by atoms with E-state index >= 15 is 0 Å². The van der Waals surface area contributed by atoms with Gasteiger partial charge in [0.1, 0.15) is 23.3 Å². The zero-order valence-electron chi connectivity index (χ0n) is 27.5. The van der Waals surface area contributed by atoms with Gasteiger partial charge in [-0.1, -0.05) is 5.16 Å². The zero-order chi connectivity index (χ0) is 36.6. The number of hydrogen-bond donors (Lipinski definition) is 7. The highest BCUT2D eigenvalue weighted by molar-refractivity contribution is 7.80. The van der Waals surface area contributed by atoms with E-state index in [4.69, 9.17) is 31.0 Å². The number of fused-ring (bicyclic) bond motifs is 1. The second-order valence-electron chi connectivity index (χ2n) is 13.2. The first-order valence-electron chi connectivity index (χ1n) is 15.8. The number of nitrogens with one attached hydrogen (secondary N) is 3. The molecule has 20 heteroatoms. The number of rotatable bonds is 11. The van der Waals surface area contributed by atoms with Gasteiger partial charge in [-0.2, -0.15) is 13.5 Å². The van der Waals surface area contributed by atoms with E-state index in [0.717, 1.165) is 49.0 Å². The molecule has 3 heterocycles. The maximum atomic E-state index is 13.5. The Morgan fingerprint density at radius 3 is 2.60 bits per heavy atom. The van der Waals surface area contributed by atoms with Crippen LogP contribution in [0.15, 0.2) is 28.7 Å². The van der Waals surface area contributed by atoms with E-state index in [0.29, 0.717) is 22.8 Å². The van der Waals surface area contributed by atoms with Crippen LogP contribution in [0.2, 0.25) is 0 Å². The maximum absolute atomic E-state index is 13.5. The van der Waals surface area contributed by atoms with Crippen molar-refractivity contribution >= 4 is 56.2 Å². The summed E-state index contributed by atoms with van der Waals surface area (Å²) in [5.41, 5.74) is 9.14. The quantitative estimate of drug-likeness (QED) is 0.0425. The molecule has 5 atom stereocenters. The fourth-order valence-corrected chi connectivity index (χ4v) is 7.09. The van der Waals surface area contributed by atoms with Gasteiger partial charge in [0, 0.05) is 23.0 Å². The summed E-state index contributed by atoms with van der Waals surface area (Å²) in [6, 6.07) is 4.22. The highest BCUT2D eigenvalue weighted by Crippen LogP contribution is 2.35. The van der Waals surface area contributed by atoms with Crippen molar-refractivity contribution in [2.75, 3.05) is 5.73 Å². The number of nitrogens with two attached hydrogens (primary N) is 2. The van der Waals surface area contributed by atoms with Crippen LogP contribution in [0.1, 0.15) is 76.1 Å². The number of hydrogen-bond acceptors (Lipinski definition) is 14. The molecule has 3 aliphatic rings. The average molecular weight is 737 g/mol. The summed E-state index contributed by atoms with van der Waals surface area (Å²) in [5.74, 6) is -2.77. The minimum atomic E-state index is -5.03. The summed E-state index contributed by atoms with van der Waals surface area (Å²) in [5, 5.41) is 30.4. The number of carbonyl (C=O) groups is 3. The van der Waals surface area contributed by atoms with Gasteiger partial charge >= 0.3 is 16.4 Å². The van der Waals surface area contributed by atoms with Gasteiger partial charge in [-0.3, -0.25) is 19.6 Å². The largest absolute Gasteiger partial charge is 0.485 e. The third-order valence-electron chi connectivity index (χ3n) is 9.12. The van der Waals surface area contributed by atoms with Crippen molar-refractivity contribution in [3.05, 3.63) is 40.4 Å². The Kier molecular flexibility index (Phi) is 10.4. The molecule has 0 spiro atoms. The van der Waals surface area contributed by atoms with Gasteiger partial charge in [-0.15, -0.1) is 15.6 Å². The molecule has 9 N–H and O–H groups in total.